The van der Waals surface area contributed by atoms with Crippen LogP contribution < -0.4 is 10.3 Å². The van der Waals surface area contributed by atoms with Crippen LogP contribution in [0.4, 0.5) is 0 Å². The number of ether oxygens (including phenoxy) is 1. The predicted molar refractivity (Wildman–Crippen MR) is 41.3 cm³/mol. The van der Waals surface area contributed by atoms with E-state index >= 15 is 0 Å². The summed E-state index contributed by atoms with van der Waals surface area (Å²) in [7, 11) is 1.46. The quantitative estimate of drug-likeness (QED) is 0.745. The third-order valence-electron chi connectivity index (χ3n) is 1.05. The summed E-state index contributed by atoms with van der Waals surface area (Å²) in [6, 6.07) is 1.61. The number of hydrogen-bond donors (Lipinski definition) is 1. The average Bonchev–Trinajstić information content (AvgIpc) is 1.94. The summed E-state index contributed by atoms with van der Waals surface area (Å²) in [5, 5.41) is 0. The molecule has 1 heterocycles. The van der Waals surface area contributed by atoms with Crippen LogP contribution in [0.25, 0.3) is 0 Å². The molecule has 0 fully saturated rings. The van der Waals surface area contributed by atoms with Crippen LogP contribution in [0.1, 0.15) is 0 Å². The molecule has 10 heavy (non-hydrogen) atoms. The van der Waals surface area contributed by atoms with Gasteiger partial charge in [0.2, 0.25) is 0 Å². The molecule has 0 saturated heterocycles. The van der Waals surface area contributed by atoms with E-state index in [4.69, 9.17) is 4.74 Å². The topological polar surface area (TPSA) is 42.1 Å². The molecule has 1 aromatic heterocycles. The molecule has 1 aromatic rings. The Labute approximate surface area is 66.2 Å². The van der Waals surface area contributed by atoms with Crippen LogP contribution >= 0.6 is 15.9 Å². The zero-order valence-corrected chi connectivity index (χ0v) is 6.94. The largest absolute Gasteiger partial charge is 0.491 e. The number of aromatic nitrogens is 1. The Morgan fingerprint density at radius 1 is 1.70 bits per heavy atom. The van der Waals surface area contributed by atoms with E-state index < -0.39 is 0 Å². The van der Waals surface area contributed by atoms with Crippen molar-refractivity contribution in [2.45, 2.75) is 0 Å². The highest BCUT2D eigenvalue weighted by molar-refractivity contribution is 9.10. The van der Waals surface area contributed by atoms with Gasteiger partial charge in [-0.1, -0.05) is 0 Å². The van der Waals surface area contributed by atoms with Crippen molar-refractivity contribution < 1.29 is 4.74 Å². The molecule has 0 saturated carbocycles. The Morgan fingerprint density at radius 2 is 2.40 bits per heavy atom. The molecule has 1 N–H and O–H groups in total. The minimum Gasteiger partial charge on any atom is -0.491 e. The molecule has 0 spiro atoms. The highest BCUT2D eigenvalue weighted by Crippen LogP contribution is 2.10. The number of pyridine rings is 1. The fraction of sp³-hybridized carbons (Fsp3) is 0.167. The third-order valence-corrected chi connectivity index (χ3v) is 1.51. The predicted octanol–water partition coefficient (Wildman–Crippen LogP) is 1.15. The minimum atomic E-state index is -0.217. The zero-order chi connectivity index (χ0) is 7.56. The van der Waals surface area contributed by atoms with Gasteiger partial charge < -0.3 is 9.72 Å². The van der Waals surface area contributed by atoms with E-state index in [2.05, 4.69) is 20.9 Å². The lowest BCUT2D eigenvalue weighted by atomic mass is 10.5. The minimum absolute atomic E-state index is 0.217. The van der Waals surface area contributed by atoms with Gasteiger partial charge in [-0.15, -0.1) is 0 Å². The van der Waals surface area contributed by atoms with Gasteiger partial charge >= 0.3 is 0 Å². The van der Waals surface area contributed by atoms with Gasteiger partial charge in [0.05, 0.1) is 7.11 Å². The first-order chi connectivity index (χ1) is 4.74. The Hall–Kier alpha value is -0.770. The van der Waals surface area contributed by atoms with Crippen molar-refractivity contribution >= 4 is 15.9 Å². The van der Waals surface area contributed by atoms with Gasteiger partial charge in [0.1, 0.15) is 0 Å². The SMILES string of the molecule is COc1cc(Br)c[nH]c1=O. The number of methoxy groups -OCH3 is 1. The highest BCUT2D eigenvalue weighted by atomic mass is 79.9. The molecule has 0 aliphatic rings. The molecule has 0 radical (unpaired) electrons. The number of halogens is 1. The lowest BCUT2D eigenvalue weighted by Gasteiger charge is -1.96. The van der Waals surface area contributed by atoms with E-state index in [1.165, 1.54) is 7.11 Å². The fourth-order valence-electron chi connectivity index (χ4n) is 0.590. The lowest BCUT2D eigenvalue weighted by Crippen LogP contribution is -2.07. The molecule has 0 amide bonds. The summed E-state index contributed by atoms with van der Waals surface area (Å²) in [5.41, 5.74) is -0.217. The Bertz CT molecular complexity index is 281. The van der Waals surface area contributed by atoms with E-state index in [0.717, 1.165) is 4.47 Å². The van der Waals surface area contributed by atoms with Crippen molar-refractivity contribution in [3.63, 3.8) is 0 Å². The maximum Gasteiger partial charge on any atom is 0.290 e. The van der Waals surface area contributed by atoms with Crippen LogP contribution in [0.3, 0.4) is 0 Å². The van der Waals surface area contributed by atoms with Crippen LogP contribution in [0, 0.1) is 0 Å². The number of H-pyrrole nitrogens is 1. The summed E-state index contributed by atoms with van der Waals surface area (Å²) < 4.78 is 5.55. The zero-order valence-electron chi connectivity index (χ0n) is 5.35. The molecule has 0 aliphatic carbocycles. The first-order valence-electron chi connectivity index (χ1n) is 2.66. The molecule has 0 atom stereocenters. The monoisotopic (exact) mass is 203 g/mol. The number of rotatable bonds is 1. The maximum absolute atomic E-state index is 10.8. The van der Waals surface area contributed by atoms with E-state index in [-0.39, 0.29) is 5.56 Å². The average molecular weight is 204 g/mol. The van der Waals surface area contributed by atoms with Gasteiger partial charge in [0.25, 0.3) is 5.56 Å². The smallest absolute Gasteiger partial charge is 0.290 e. The van der Waals surface area contributed by atoms with Crippen LogP contribution in [0.15, 0.2) is 21.5 Å². The first kappa shape index (κ1) is 7.34. The molecule has 54 valence electrons. The normalized spacial score (nSPS) is 9.40. The van der Waals surface area contributed by atoms with Crippen molar-refractivity contribution in [3.8, 4) is 5.75 Å². The maximum atomic E-state index is 10.8. The van der Waals surface area contributed by atoms with Gasteiger partial charge in [0, 0.05) is 16.7 Å². The Morgan fingerprint density at radius 3 is 2.90 bits per heavy atom. The third kappa shape index (κ3) is 1.39. The Kier molecular flexibility index (Phi) is 2.11. The molecule has 0 aliphatic heterocycles. The van der Waals surface area contributed by atoms with Crippen molar-refractivity contribution in [2.75, 3.05) is 7.11 Å². The van der Waals surface area contributed by atoms with Gasteiger partial charge in [-0.3, -0.25) is 4.79 Å². The molecule has 1 rings (SSSR count). The van der Waals surface area contributed by atoms with E-state index in [0.29, 0.717) is 5.75 Å². The second-order valence-corrected chi connectivity index (χ2v) is 2.63. The van der Waals surface area contributed by atoms with Gasteiger partial charge in [-0.25, -0.2) is 0 Å². The number of hydrogen-bond acceptors (Lipinski definition) is 2. The molecular weight excluding hydrogens is 198 g/mol. The summed E-state index contributed by atoms with van der Waals surface area (Å²) in [6.07, 6.45) is 1.56. The van der Waals surface area contributed by atoms with Crippen molar-refractivity contribution in [1.29, 1.82) is 0 Å². The molecule has 3 nitrogen and oxygen atoms in total. The van der Waals surface area contributed by atoms with Crippen LogP contribution in [0.5, 0.6) is 5.75 Å². The van der Waals surface area contributed by atoms with E-state index in [1.807, 2.05) is 0 Å². The molecule has 0 aromatic carbocycles. The van der Waals surface area contributed by atoms with Crippen LogP contribution in [-0.4, -0.2) is 12.1 Å². The standard InChI is InChI=1S/C6H6BrNO2/c1-10-5-2-4(7)3-8-6(5)9/h2-3H,1H3,(H,8,9). The summed E-state index contributed by atoms with van der Waals surface area (Å²) in [5.74, 6) is 0.314. The van der Waals surface area contributed by atoms with Gasteiger partial charge in [-0.2, -0.15) is 0 Å². The lowest BCUT2D eigenvalue weighted by molar-refractivity contribution is 0.408. The van der Waals surface area contributed by atoms with Crippen LogP contribution in [-0.2, 0) is 0 Å². The second kappa shape index (κ2) is 2.88. The van der Waals surface area contributed by atoms with Gasteiger partial charge in [-0.05, 0) is 15.9 Å². The van der Waals surface area contributed by atoms with Gasteiger partial charge in [0.15, 0.2) is 5.75 Å². The van der Waals surface area contributed by atoms with E-state index in [1.54, 1.807) is 12.3 Å². The first-order valence-corrected chi connectivity index (χ1v) is 3.45. The fourth-order valence-corrected chi connectivity index (χ4v) is 0.912. The van der Waals surface area contributed by atoms with Crippen molar-refractivity contribution in [1.82, 2.24) is 4.98 Å². The van der Waals surface area contributed by atoms with Crippen molar-refractivity contribution in [2.24, 2.45) is 0 Å². The summed E-state index contributed by atoms with van der Waals surface area (Å²) in [4.78, 5) is 13.3. The second-order valence-electron chi connectivity index (χ2n) is 1.72. The number of nitrogens with one attached hydrogen (secondary N) is 1. The molecule has 4 heteroatoms. The van der Waals surface area contributed by atoms with Crippen LogP contribution in [0.2, 0.25) is 0 Å². The number of aromatic amines is 1. The van der Waals surface area contributed by atoms with E-state index in [9.17, 15) is 4.79 Å². The highest BCUT2D eigenvalue weighted by Gasteiger charge is 1.96. The molecular formula is C6H6BrNO2. The molecule has 0 unspecified atom stereocenters. The molecule has 0 bridgehead atoms. The van der Waals surface area contributed by atoms with Crippen molar-refractivity contribution in [3.05, 3.63) is 27.1 Å². The Balaban J connectivity index is 3.22. The summed E-state index contributed by atoms with van der Waals surface area (Å²) >= 11 is 3.19. The summed E-state index contributed by atoms with van der Waals surface area (Å²) in [6.45, 7) is 0.